The molecule has 4 heteroatoms. The highest BCUT2D eigenvalue weighted by molar-refractivity contribution is 5.96. The van der Waals surface area contributed by atoms with E-state index >= 15 is 0 Å². The lowest BCUT2D eigenvalue weighted by atomic mass is 9.98. The van der Waals surface area contributed by atoms with E-state index in [4.69, 9.17) is 0 Å². The van der Waals surface area contributed by atoms with Gasteiger partial charge in [0.2, 0.25) is 11.8 Å². The van der Waals surface area contributed by atoms with Crippen LogP contribution < -0.4 is 5.32 Å². The normalized spacial score (nSPS) is 25.4. The van der Waals surface area contributed by atoms with Gasteiger partial charge in [-0.15, -0.1) is 0 Å². The zero-order chi connectivity index (χ0) is 14.4. The molecule has 0 spiro atoms. The average Bonchev–Trinajstić information content (AvgIpc) is 2.36. The van der Waals surface area contributed by atoms with E-state index in [1.807, 2.05) is 18.7 Å². The highest BCUT2D eigenvalue weighted by Gasteiger charge is 2.39. The van der Waals surface area contributed by atoms with Gasteiger partial charge in [-0.1, -0.05) is 40.5 Å². The molecule has 4 nitrogen and oxygen atoms in total. The quantitative estimate of drug-likeness (QED) is 0.770. The predicted molar refractivity (Wildman–Crippen MR) is 76.7 cm³/mol. The maximum Gasteiger partial charge on any atom is 0.245 e. The monoisotopic (exact) mass is 268 g/mol. The van der Waals surface area contributed by atoms with Gasteiger partial charge in [-0.2, -0.15) is 0 Å². The topological polar surface area (TPSA) is 49.4 Å². The van der Waals surface area contributed by atoms with Crippen LogP contribution in [-0.2, 0) is 9.59 Å². The molecule has 1 heterocycles. The zero-order valence-corrected chi connectivity index (χ0v) is 12.7. The summed E-state index contributed by atoms with van der Waals surface area (Å²) in [5.74, 6) is 0.580. The maximum atomic E-state index is 12.5. The first-order valence-corrected chi connectivity index (χ1v) is 7.65. The summed E-state index contributed by atoms with van der Waals surface area (Å²) in [4.78, 5) is 26.4. The molecule has 1 saturated heterocycles. The number of nitrogens with zero attached hydrogens (tertiary/aromatic N) is 1. The second-order valence-corrected chi connectivity index (χ2v) is 5.66. The van der Waals surface area contributed by atoms with Crippen molar-refractivity contribution in [2.75, 3.05) is 6.54 Å². The number of carbonyl (C=O) groups excluding carboxylic acids is 2. The summed E-state index contributed by atoms with van der Waals surface area (Å²) in [7, 11) is 0. The Morgan fingerprint density at radius 1 is 1.21 bits per heavy atom. The van der Waals surface area contributed by atoms with Crippen molar-refractivity contribution in [1.82, 2.24) is 10.2 Å². The molecule has 1 fully saturated rings. The van der Waals surface area contributed by atoms with Crippen LogP contribution >= 0.6 is 0 Å². The summed E-state index contributed by atoms with van der Waals surface area (Å²) in [5, 5.41) is 2.87. The highest BCUT2D eigenvalue weighted by atomic mass is 16.2. The highest BCUT2D eigenvalue weighted by Crippen LogP contribution is 2.19. The Balaban J connectivity index is 2.80. The van der Waals surface area contributed by atoms with Gasteiger partial charge in [-0.25, -0.2) is 0 Å². The third-order valence-corrected chi connectivity index (χ3v) is 3.83. The van der Waals surface area contributed by atoms with Crippen LogP contribution in [-0.4, -0.2) is 35.3 Å². The number of amides is 2. The van der Waals surface area contributed by atoms with E-state index in [1.54, 1.807) is 0 Å². The Hall–Kier alpha value is -1.06. The fraction of sp³-hybridized carbons (Fsp3) is 0.867. The van der Waals surface area contributed by atoms with Gasteiger partial charge in [0.05, 0.1) is 0 Å². The van der Waals surface area contributed by atoms with Gasteiger partial charge in [0.1, 0.15) is 12.1 Å². The van der Waals surface area contributed by atoms with Gasteiger partial charge >= 0.3 is 0 Å². The summed E-state index contributed by atoms with van der Waals surface area (Å²) in [6.07, 6.45) is 4.55. The minimum Gasteiger partial charge on any atom is -0.343 e. The molecule has 3 atom stereocenters. The average molecular weight is 268 g/mol. The SMILES string of the molecule is CCCC(C)CN1C(=O)C(CCC)NC(=O)C1CC. The molecule has 1 aliphatic rings. The van der Waals surface area contributed by atoms with Crippen molar-refractivity contribution in [3.63, 3.8) is 0 Å². The summed E-state index contributed by atoms with van der Waals surface area (Å²) in [6.45, 7) is 9.02. The molecule has 3 unspecified atom stereocenters. The molecule has 0 saturated carbocycles. The van der Waals surface area contributed by atoms with E-state index in [-0.39, 0.29) is 23.9 Å². The molecule has 2 amide bonds. The maximum absolute atomic E-state index is 12.5. The molecule has 0 bridgehead atoms. The van der Waals surface area contributed by atoms with Crippen molar-refractivity contribution < 1.29 is 9.59 Å². The number of nitrogens with one attached hydrogen (secondary N) is 1. The molecule has 0 aromatic rings. The van der Waals surface area contributed by atoms with E-state index in [0.717, 1.165) is 25.7 Å². The van der Waals surface area contributed by atoms with Crippen molar-refractivity contribution in [3.05, 3.63) is 0 Å². The molecular weight excluding hydrogens is 240 g/mol. The van der Waals surface area contributed by atoms with Gasteiger partial charge in [0.15, 0.2) is 0 Å². The van der Waals surface area contributed by atoms with Gasteiger partial charge in [-0.05, 0) is 25.2 Å². The van der Waals surface area contributed by atoms with Crippen LogP contribution in [0.5, 0.6) is 0 Å². The molecule has 0 radical (unpaired) electrons. The third-order valence-electron chi connectivity index (χ3n) is 3.83. The summed E-state index contributed by atoms with van der Waals surface area (Å²) in [6, 6.07) is -0.589. The lowest BCUT2D eigenvalue weighted by Crippen LogP contribution is -2.63. The van der Waals surface area contributed by atoms with E-state index in [1.165, 1.54) is 0 Å². The summed E-state index contributed by atoms with van der Waals surface area (Å²) < 4.78 is 0. The molecule has 1 aliphatic heterocycles. The number of hydrogen-bond acceptors (Lipinski definition) is 2. The Morgan fingerprint density at radius 2 is 1.89 bits per heavy atom. The van der Waals surface area contributed by atoms with Crippen molar-refractivity contribution in [3.8, 4) is 0 Å². The Kier molecular flexibility index (Phi) is 6.32. The van der Waals surface area contributed by atoms with Gasteiger partial charge in [0, 0.05) is 6.54 Å². The number of carbonyl (C=O) groups is 2. The van der Waals surface area contributed by atoms with Gasteiger partial charge < -0.3 is 10.2 Å². The first-order chi connectivity index (χ1) is 9.04. The standard InChI is InChI=1S/C15H28N2O2/c1-5-8-11(4)10-17-13(7-3)14(18)16-12(9-6-2)15(17)19/h11-13H,5-10H2,1-4H3,(H,16,18). The Labute approximate surface area is 116 Å². The van der Waals surface area contributed by atoms with E-state index in [9.17, 15) is 9.59 Å². The van der Waals surface area contributed by atoms with E-state index in [2.05, 4.69) is 19.2 Å². The third kappa shape index (κ3) is 3.95. The zero-order valence-electron chi connectivity index (χ0n) is 12.7. The fourth-order valence-electron chi connectivity index (χ4n) is 2.85. The number of rotatable bonds is 7. The molecule has 110 valence electrons. The second-order valence-electron chi connectivity index (χ2n) is 5.66. The first-order valence-electron chi connectivity index (χ1n) is 7.65. The second kappa shape index (κ2) is 7.51. The lowest BCUT2D eigenvalue weighted by Gasteiger charge is -2.40. The van der Waals surface area contributed by atoms with E-state index < -0.39 is 0 Å². The molecule has 19 heavy (non-hydrogen) atoms. The van der Waals surface area contributed by atoms with E-state index in [0.29, 0.717) is 18.9 Å². The molecule has 0 aromatic heterocycles. The summed E-state index contributed by atoms with van der Waals surface area (Å²) in [5.41, 5.74) is 0. The molecule has 0 aliphatic carbocycles. The van der Waals surface area contributed by atoms with Crippen LogP contribution in [0, 0.1) is 5.92 Å². The van der Waals surface area contributed by atoms with Crippen molar-refractivity contribution in [2.24, 2.45) is 5.92 Å². The van der Waals surface area contributed by atoms with Crippen LogP contribution in [0.2, 0.25) is 0 Å². The molecule has 1 N–H and O–H groups in total. The van der Waals surface area contributed by atoms with Crippen LogP contribution in [0.1, 0.15) is 59.8 Å². The Morgan fingerprint density at radius 3 is 2.42 bits per heavy atom. The van der Waals surface area contributed by atoms with Crippen molar-refractivity contribution in [1.29, 1.82) is 0 Å². The summed E-state index contributed by atoms with van der Waals surface area (Å²) >= 11 is 0. The Bertz CT molecular complexity index is 317. The van der Waals surface area contributed by atoms with Crippen LogP contribution in [0.4, 0.5) is 0 Å². The van der Waals surface area contributed by atoms with Gasteiger partial charge in [-0.3, -0.25) is 9.59 Å². The predicted octanol–water partition coefficient (Wildman–Crippen LogP) is 2.33. The lowest BCUT2D eigenvalue weighted by molar-refractivity contribution is -0.150. The minimum absolute atomic E-state index is 0.0178. The van der Waals surface area contributed by atoms with Crippen molar-refractivity contribution >= 4 is 11.8 Å². The van der Waals surface area contributed by atoms with Crippen molar-refractivity contribution in [2.45, 2.75) is 71.9 Å². The van der Waals surface area contributed by atoms with Crippen LogP contribution in [0.25, 0.3) is 0 Å². The number of hydrogen-bond donors (Lipinski definition) is 1. The molecule has 0 aromatic carbocycles. The van der Waals surface area contributed by atoms with Gasteiger partial charge in [0.25, 0.3) is 0 Å². The van der Waals surface area contributed by atoms with Crippen LogP contribution in [0.3, 0.4) is 0 Å². The molecular formula is C15H28N2O2. The minimum atomic E-state index is -0.311. The first kappa shape index (κ1) is 16.0. The fourth-order valence-corrected chi connectivity index (χ4v) is 2.85. The largest absolute Gasteiger partial charge is 0.343 e. The van der Waals surface area contributed by atoms with Crippen LogP contribution in [0.15, 0.2) is 0 Å². The molecule has 1 rings (SSSR count). The number of piperazine rings is 1. The smallest absolute Gasteiger partial charge is 0.245 e.